The van der Waals surface area contributed by atoms with E-state index in [1.807, 2.05) is 27.7 Å². The summed E-state index contributed by atoms with van der Waals surface area (Å²) >= 11 is 12.1. The molecule has 0 N–H and O–H groups in total. The summed E-state index contributed by atoms with van der Waals surface area (Å²) in [7, 11) is 0. The van der Waals surface area contributed by atoms with Crippen molar-refractivity contribution in [2.45, 2.75) is 69.7 Å². The molecule has 0 aromatic heterocycles. The first-order valence-corrected chi connectivity index (χ1v) is 6.89. The fraction of sp³-hybridized carbons (Fsp3) is 1.00. The second-order valence-corrected chi connectivity index (χ2v) is 6.83. The van der Waals surface area contributed by atoms with Gasteiger partial charge in [0, 0.05) is 15.9 Å². The highest BCUT2D eigenvalue weighted by Gasteiger charge is 2.53. The maximum Gasteiger partial charge on any atom is 0.273 e. The number of alkyl halides is 2. The summed E-state index contributed by atoms with van der Waals surface area (Å²) in [4.78, 5) is 0. The third-order valence-electron chi connectivity index (χ3n) is 3.78. The number of hydrogen-bond acceptors (Lipinski definition) is 2. The molecule has 0 amide bonds. The van der Waals surface area contributed by atoms with Crippen molar-refractivity contribution < 1.29 is 9.31 Å². The average Bonchev–Trinajstić information content (AvgIpc) is 2.30. The second kappa shape index (κ2) is 4.68. The molecule has 1 aliphatic heterocycles. The molecular weight excluding hydrogens is 246 g/mol. The third-order valence-corrected chi connectivity index (χ3v) is 4.55. The summed E-state index contributed by atoms with van der Waals surface area (Å²) in [5.41, 5.74) is -0.717. The summed E-state index contributed by atoms with van der Waals surface area (Å²) in [6.07, 6.45) is 2.89. The van der Waals surface area contributed by atoms with Crippen molar-refractivity contribution in [3.8, 4) is 0 Å². The predicted octanol–water partition coefficient (Wildman–Crippen LogP) is 4.18. The van der Waals surface area contributed by atoms with Crippen molar-refractivity contribution in [2.24, 2.45) is 0 Å². The maximum absolute atomic E-state index is 6.09. The van der Waals surface area contributed by atoms with Crippen LogP contribution in [-0.4, -0.2) is 22.5 Å². The van der Waals surface area contributed by atoms with Crippen LogP contribution in [-0.2, 0) is 9.31 Å². The fourth-order valence-corrected chi connectivity index (χ4v) is 2.60. The molecule has 1 rings (SSSR count). The second-order valence-electron chi connectivity index (χ2n) is 5.67. The molecule has 0 atom stereocenters. The molecule has 0 spiro atoms. The zero-order chi connectivity index (χ0) is 12.6. The van der Waals surface area contributed by atoms with Gasteiger partial charge in [0.05, 0.1) is 0 Å². The minimum Gasteiger partial charge on any atom is -0.560 e. The van der Waals surface area contributed by atoms with E-state index < -0.39 is 11.3 Å². The average molecular weight is 268 g/mol. The number of rotatable bonds is 4. The Hall–Kier alpha value is 0.565. The fourth-order valence-electron chi connectivity index (χ4n) is 2.14. The van der Waals surface area contributed by atoms with Gasteiger partial charge in [0.2, 0.25) is 0 Å². The van der Waals surface area contributed by atoms with E-state index in [1.165, 1.54) is 0 Å². The van der Waals surface area contributed by atoms with E-state index in [2.05, 4.69) is 6.92 Å². The highest BCUT2D eigenvalue weighted by molar-refractivity contribution is 6.86. The van der Waals surface area contributed by atoms with Crippen molar-refractivity contribution >= 4 is 29.8 Å². The van der Waals surface area contributed by atoms with Gasteiger partial charge in [-0.25, -0.2) is 0 Å². The Morgan fingerprint density at radius 2 is 1.50 bits per heavy atom. The Kier molecular flexibility index (Phi) is 4.28. The standard InChI is InChI=1S/C11H22BCl2O2/c1-6-7-8-12(9(13)14)15-10(2,3)11(4,5)16-12/h9H,6-8H2,1-5H3/q-1. The molecule has 5 heteroatoms. The lowest BCUT2D eigenvalue weighted by Gasteiger charge is -2.38. The van der Waals surface area contributed by atoms with Crippen LogP contribution in [0, 0.1) is 0 Å². The van der Waals surface area contributed by atoms with E-state index in [4.69, 9.17) is 32.5 Å². The van der Waals surface area contributed by atoms with Gasteiger partial charge in [0.15, 0.2) is 0 Å². The van der Waals surface area contributed by atoms with Gasteiger partial charge in [-0.1, -0.05) is 19.8 Å². The van der Waals surface area contributed by atoms with Crippen molar-refractivity contribution in [1.82, 2.24) is 0 Å². The summed E-state index contributed by atoms with van der Waals surface area (Å²) in [6, 6.07) is 0. The zero-order valence-corrected chi connectivity index (χ0v) is 12.4. The topological polar surface area (TPSA) is 18.5 Å². The summed E-state index contributed by atoms with van der Waals surface area (Å²) < 4.78 is 11.6. The normalized spacial score (nSPS) is 26.2. The molecule has 0 saturated carbocycles. The predicted molar refractivity (Wildman–Crippen MR) is 71.3 cm³/mol. The number of unbranched alkanes of at least 4 members (excludes halogenated alkanes) is 1. The maximum atomic E-state index is 6.09. The summed E-state index contributed by atoms with van der Waals surface area (Å²) in [6.45, 7) is 8.65. The Balaban J connectivity index is 2.91. The molecule has 96 valence electrons. The first-order valence-electron chi connectivity index (χ1n) is 6.01. The smallest absolute Gasteiger partial charge is 0.273 e. The van der Waals surface area contributed by atoms with Crippen molar-refractivity contribution in [1.29, 1.82) is 0 Å². The van der Waals surface area contributed by atoms with Crippen LogP contribution in [0.3, 0.4) is 0 Å². The van der Waals surface area contributed by atoms with Gasteiger partial charge in [-0.3, -0.25) is 0 Å². The molecule has 0 bridgehead atoms. The van der Waals surface area contributed by atoms with Crippen LogP contribution in [0.25, 0.3) is 0 Å². The molecular formula is C11H22BCl2O2-. The van der Waals surface area contributed by atoms with E-state index in [0.29, 0.717) is 0 Å². The third kappa shape index (κ3) is 2.53. The quantitative estimate of drug-likeness (QED) is 0.562. The van der Waals surface area contributed by atoms with E-state index in [-0.39, 0.29) is 11.2 Å². The van der Waals surface area contributed by atoms with Crippen molar-refractivity contribution in [3.05, 3.63) is 0 Å². The van der Waals surface area contributed by atoms with E-state index >= 15 is 0 Å². The lowest BCUT2D eigenvalue weighted by atomic mass is 9.55. The lowest BCUT2D eigenvalue weighted by Crippen LogP contribution is -2.46. The first kappa shape index (κ1) is 14.6. The van der Waals surface area contributed by atoms with E-state index in [1.54, 1.807) is 0 Å². The monoisotopic (exact) mass is 267 g/mol. The Labute approximate surface area is 109 Å². The molecule has 0 radical (unpaired) electrons. The van der Waals surface area contributed by atoms with Crippen LogP contribution in [0.4, 0.5) is 0 Å². The molecule has 1 fully saturated rings. The molecule has 1 aliphatic rings. The number of halogens is 2. The summed E-state index contributed by atoms with van der Waals surface area (Å²) in [5.74, 6) is 0. The highest BCUT2D eigenvalue weighted by Crippen LogP contribution is 2.46. The van der Waals surface area contributed by atoms with Crippen LogP contribution in [0.1, 0.15) is 47.5 Å². The Morgan fingerprint density at radius 3 is 1.81 bits per heavy atom. The summed E-state index contributed by atoms with van der Waals surface area (Å²) in [5, 5.41) is 0. The van der Waals surface area contributed by atoms with E-state index in [9.17, 15) is 0 Å². The molecule has 0 unspecified atom stereocenters. The molecule has 16 heavy (non-hydrogen) atoms. The molecule has 1 heterocycles. The largest absolute Gasteiger partial charge is 0.560 e. The van der Waals surface area contributed by atoms with Gasteiger partial charge in [-0.05, 0) is 27.7 Å². The van der Waals surface area contributed by atoms with Gasteiger partial charge in [0.25, 0.3) is 6.55 Å². The van der Waals surface area contributed by atoms with Crippen LogP contribution in [0.2, 0.25) is 6.32 Å². The minimum absolute atomic E-state index is 0.358. The van der Waals surface area contributed by atoms with Crippen LogP contribution < -0.4 is 0 Å². The van der Waals surface area contributed by atoms with E-state index in [0.717, 1.165) is 19.2 Å². The van der Waals surface area contributed by atoms with Gasteiger partial charge in [-0.2, -0.15) is 0 Å². The molecule has 0 aromatic carbocycles. The zero-order valence-electron chi connectivity index (χ0n) is 10.8. The van der Waals surface area contributed by atoms with Gasteiger partial charge in [0.1, 0.15) is 0 Å². The van der Waals surface area contributed by atoms with Crippen LogP contribution >= 0.6 is 23.2 Å². The SMILES string of the molecule is CCCC[B-]1(C(Cl)Cl)OC(C)(C)C(C)(C)O1. The number of hydrogen-bond donors (Lipinski definition) is 0. The molecule has 0 aliphatic carbocycles. The van der Waals surface area contributed by atoms with Crippen molar-refractivity contribution in [2.75, 3.05) is 0 Å². The van der Waals surface area contributed by atoms with Gasteiger partial charge < -0.3 is 9.31 Å². The Bertz CT molecular complexity index is 238. The Morgan fingerprint density at radius 1 is 1.06 bits per heavy atom. The van der Waals surface area contributed by atoms with Gasteiger partial charge in [-0.15, -0.1) is 29.5 Å². The van der Waals surface area contributed by atoms with Crippen molar-refractivity contribution in [3.63, 3.8) is 0 Å². The highest BCUT2D eigenvalue weighted by atomic mass is 35.5. The minimum atomic E-state index is -1.58. The van der Waals surface area contributed by atoms with Crippen LogP contribution in [0.5, 0.6) is 0 Å². The van der Waals surface area contributed by atoms with Crippen LogP contribution in [0.15, 0.2) is 0 Å². The molecule has 2 nitrogen and oxygen atoms in total. The lowest BCUT2D eigenvalue weighted by molar-refractivity contribution is 0.00578. The first-order chi connectivity index (χ1) is 7.17. The van der Waals surface area contributed by atoms with Gasteiger partial charge >= 0.3 is 0 Å². The molecule has 0 aromatic rings. The molecule has 1 saturated heterocycles.